The number of benzene rings is 2. The number of nitrogens with zero attached hydrogens (tertiary/aromatic N) is 1. The van der Waals surface area contributed by atoms with Gasteiger partial charge in [-0.1, -0.05) is 36.4 Å². The van der Waals surface area contributed by atoms with Crippen LogP contribution in [0.2, 0.25) is 0 Å². The number of carbonyl (C=O) groups excluding carboxylic acids is 2. The Morgan fingerprint density at radius 3 is 2.18 bits per heavy atom. The lowest BCUT2D eigenvalue weighted by molar-refractivity contribution is -0.136. The van der Waals surface area contributed by atoms with E-state index in [1.165, 1.54) is 48.5 Å². The van der Waals surface area contributed by atoms with E-state index in [0.29, 0.717) is 0 Å². The quantitative estimate of drug-likeness (QED) is 0.563. The second-order valence-corrected chi connectivity index (χ2v) is 8.26. The summed E-state index contributed by atoms with van der Waals surface area (Å²) in [5.74, 6) is -4.73. The van der Waals surface area contributed by atoms with E-state index in [1.54, 1.807) is 6.07 Å². The standard InChI is InChI=1S/C24H18F2N2O5S/c1-32-23(30)18-17(13-8-4-6-10-15(13)26)19(24(31)33-2)22-28(20(18)27)21(29)16(34-22)11-12-7-3-5-9-14(12)25/h3-11,17H,27H2,1-2H3. The first-order chi connectivity index (χ1) is 16.3. The fourth-order valence-electron chi connectivity index (χ4n) is 3.82. The molecular formula is C24H18F2N2O5S. The highest BCUT2D eigenvalue weighted by atomic mass is 32.1. The number of thiazole rings is 1. The maximum atomic E-state index is 14.9. The van der Waals surface area contributed by atoms with E-state index >= 15 is 0 Å². The van der Waals surface area contributed by atoms with Gasteiger partial charge in [0.1, 0.15) is 22.1 Å². The lowest BCUT2D eigenvalue weighted by atomic mass is 9.83. The molecule has 1 atom stereocenters. The van der Waals surface area contributed by atoms with Crippen LogP contribution in [0.5, 0.6) is 0 Å². The van der Waals surface area contributed by atoms with Crippen molar-refractivity contribution >= 4 is 40.7 Å². The molecule has 0 saturated heterocycles. The van der Waals surface area contributed by atoms with Crippen LogP contribution in [0.3, 0.4) is 0 Å². The number of esters is 2. The van der Waals surface area contributed by atoms with Crippen LogP contribution in [-0.2, 0) is 19.1 Å². The van der Waals surface area contributed by atoms with Gasteiger partial charge in [0.15, 0.2) is 0 Å². The van der Waals surface area contributed by atoms with Crippen LogP contribution in [0, 0.1) is 11.6 Å². The molecule has 0 radical (unpaired) electrons. The molecule has 0 spiro atoms. The van der Waals surface area contributed by atoms with Gasteiger partial charge in [0, 0.05) is 11.1 Å². The van der Waals surface area contributed by atoms with E-state index in [-0.39, 0.29) is 37.3 Å². The molecule has 0 saturated carbocycles. The summed E-state index contributed by atoms with van der Waals surface area (Å²) in [7, 11) is 2.22. The molecular weight excluding hydrogens is 466 g/mol. The fraction of sp³-hybridized carbons (Fsp3) is 0.125. The van der Waals surface area contributed by atoms with Gasteiger partial charge in [-0.05, 0) is 18.2 Å². The minimum atomic E-state index is -1.31. The van der Waals surface area contributed by atoms with Gasteiger partial charge >= 0.3 is 11.9 Å². The Morgan fingerprint density at radius 2 is 1.56 bits per heavy atom. The third-order valence-corrected chi connectivity index (χ3v) is 6.48. The Hall–Kier alpha value is -4.05. The highest BCUT2D eigenvalue weighted by Gasteiger charge is 2.40. The van der Waals surface area contributed by atoms with Crippen LogP contribution in [0.1, 0.15) is 17.0 Å². The lowest BCUT2D eigenvalue weighted by Crippen LogP contribution is -2.41. The molecule has 0 aliphatic carbocycles. The Bertz CT molecular complexity index is 1540. The van der Waals surface area contributed by atoms with Crippen molar-refractivity contribution in [1.29, 1.82) is 0 Å². The summed E-state index contributed by atoms with van der Waals surface area (Å²) in [6.07, 6.45) is 1.31. The van der Waals surface area contributed by atoms with E-state index in [1.807, 2.05) is 0 Å². The predicted octanol–water partition coefficient (Wildman–Crippen LogP) is 1.44. The van der Waals surface area contributed by atoms with Crippen LogP contribution >= 0.6 is 11.3 Å². The van der Waals surface area contributed by atoms with Crippen molar-refractivity contribution in [2.75, 3.05) is 14.2 Å². The van der Waals surface area contributed by atoms with Gasteiger partial charge < -0.3 is 15.2 Å². The molecule has 0 amide bonds. The summed E-state index contributed by atoms with van der Waals surface area (Å²) in [6, 6.07) is 11.4. The van der Waals surface area contributed by atoms with Crippen molar-refractivity contribution in [2.45, 2.75) is 5.92 Å². The summed E-state index contributed by atoms with van der Waals surface area (Å²) in [4.78, 5) is 39.0. The molecule has 1 aliphatic heterocycles. The summed E-state index contributed by atoms with van der Waals surface area (Å²) < 4.78 is 39.9. The summed E-state index contributed by atoms with van der Waals surface area (Å²) in [5, 5.41) is 0. The predicted molar refractivity (Wildman–Crippen MR) is 122 cm³/mol. The number of fused-ring (bicyclic) bond motifs is 1. The highest BCUT2D eigenvalue weighted by molar-refractivity contribution is 7.07. The van der Waals surface area contributed by atoms with Gasteiger partial charge in [-0.25, -0.2) is 18.4 Å². The molecule has 0 fully saturated rings. The maximum Gasteiger partial charge on any atom is 0.338 e. The third kappa shape index (κ3) is 3.71. The fourth-order valence-corrected chi connectivity index (χ4v) is 4.98. The average molecular weight is 484 g/mol. The number of nitrogens with two attached hydrogens (primary N) is 1. The smallest absolute Gasteiger partial charge is 0.338 e. The largest absolute Gasteiger partial charge is 0.466 e. The second kappa shape index (κ2) is 9.06. The van der Waals surface area contributed by atoms with E-state index in [4.69, 9.17) is 15.2 Å². The zero-order chi connectivity index (χ0) is 24.6. The number of hydrogen-bond donors (Lipinski definition) is 1. The molecule has 2 heterocycles. The van der Waals surface area contributed by atoms with Gasteiger partial charge in [-0.2, -0.15) is 0 Å². The molecule has 34 heavy (non-hydrogen) atoms. The van der Waals surface area contributed by atoms with Crippen LogP contribution < -0.4 is 20.5 Å². The molecule has 1 aliphatic rings. The molecule has 3 aromatic rings. The third-order valence-electron chi connectivity index (χ3n) is 5.37. The monoisotopic (exact) mass is 484 g/mol. The average Bonchev–Trinajstić information content (AvgIpc) is 3.15. The van der Waals surface area contributed by atoms with Crippen molar-refractivity contribution in [2.24, 2.45) is 5.73 Å². The van der Waals surface area contributed by atoms with Gasteiger partial charge in [0.2, 0.25) is 0 Å². The Labute approximate surface area is 195 Å². The van der Waals surface area contributed by atoms with Crippen molar-refractivity contribution in [3.63, 3.8) is 0 Å². The Balaban J connectivity index is 2.17. The molecule has 1 aromatic heterocycles. The summed E-state index contributed by atoms with van der Waals surface area (Å²) in [5.41, 5.74) is 5.22. The van der Waals surface area contributed by atoms with Gasteiger partial charge in [0.05, 0.1) is 35.8 Å². The molecule has 2 aromatic carbocycles. The Morgan fingerprint density at radius 1 is 0.971 bits per heavy atom. The first kappa shape index (κ1) is 23.1. The Kier molecular flexibility index (Phi) is 6.16. The zero-order valence-corrected chi connectivity index (χ0v) is 18.8. The van der Waals surface area contributed by atoms with Crippen LogP contribution in [0.4, 0.5) is 8.78 Å². The van der Waals surface area contributed by atoms with E-state index in [0.717, 1.165) is 30.1 Å². The number of aromatic nitrogens is 1. The van der Waals surface area contributed by atoms with Crippen molar-refractivity contribution < 1.29 is 27.8 Å². The van der Waals surface area contributed by atoms with Gasteiger partial charge in [-0.15, -0.1) is 11.3 Å². The zero-order valence-electron chi connectivity index (χ0n) is 18.0. The van der Waals surface area contributed by atoms with E-state index < -0.39 is 35.1 Å². The van der Waals surface area contributed by atoms with Crippen LogP contribution in [0.25, 0.3) is 17.5 Å². The van der Waals surface area contributed by atoms with E-state index in [2.05, 4.69) is 0 Å². The molecule has 10 heteroatoms. The van der Waals surface area contributed by atoms with E-state index in [9.17, 15) is 23.2 Å². The van der Waals surface area contributed by atoms with Gasteiger partial charge in [0.25, 0.3) is 5.56 Å². The molecule has 4 rings (SSSR count). The number of ether oxygens (including phenoxy) is 2. The first-order valence-electron chi connectivity index (χ1n) is 9.93. The molecule has 2 N–H and O–H groups in total. The maximum absolute atomic E-state index is 14.9. The normalized spacial score (nSPS) is 15.8. The van der Waals surface area contributed by atoms with Crippen molar-refractivity contribution in [3.8, 4) is 0 Å². The van der Waals surface area contributed by atoms with Crippen molar-refractivity contribution in [3.05, 3.63) is 96.4 Å². The lowest BCUT2D eigenvalue weighted by Gasteiger charge is -2.26. The number of halogens is 2. The number of methoxy groups -OCH3 is 2. The number of carbonyl (C=O) groups is 2. The minimum absolute atomic E-state index is 0.0296. The second-order valence-electron chi connectivity index (χ2n) is 7.23. The minimum Gasteiger partial charge on any atom is -0.466 e. The van der Waals surface area contributed by atoms with Crippen LogP contribution in [-0.4, -0.2) is 30.7 Å². The SMILES string of the molecule is COC(=O)C1=C(N)n2c(sc(=Cc3ccccc3F)c2=O)=C(C(=O)OC)C1c1ccccc1F. The molecule has 0 bridgehead atoms. The topological polar surface area (TPSA) is 101 Å². The number of rotatable bonds is 4. The number of hydrogen-bond acceptors (Lipinski definition) is 7. The molecule has 7 nitrogen and oxygen atoms in total. The molecule has 174 valence electrons. The summed E-state index contributed by atoms with van der Waals surface area (Å²) >= 11 is 0.848. The molecule has 1 unspecified atom stereocenters. The van der Waals surface area contributed by atoms with Gasteiger partial charge in [-0.3, -0.25) is 9.36 Å². The van der Waals surface area contributed by atoms with Crippen LogP contribution in [0.15, 0.2) is 58.9 Å². The first-order valence-corrected chi connectivity index (χ1v) is 10.7. The summed E-state index contributed by atoms with van der Waals surface area (Å²) in [6.45, 7) is 0. The van der Waals surface area contributed by atoms with Crippen molar-refractivity contribution in [1.82, 2.24) is 4.57 Å². The highest BCUT2D eigenvalue weighted by Crippen LogP contribution is 2.38.